The minimum atomic E-state index is -0.221. The van der Waals surface area contributed by atoms with Crippen LogP contribution in [0.15, 0.2) is 66.7 Å². The van der Waals surface area contributed by atoms with Crippen LogP contribution in [0.1, 0.15) is 69.7 Å². The smallest absolute Gasteiger partial charge is 0.319 e. The number of amides is 3. The van der Waals surface area contributed by atoms with Gasteiger partial charge in [0, 0.05) is 36.4 Å². The van der Waals surface area contributed by atoms with Crippen LogP contribution < -0.4 is 29.7 Å². The second kappa shape index (κ2) is 15.7. The molecule has 1 saturated heterocycles. The Bertz CT molecular complexity index is 1400. The van der Waals surface area contributed by atoms with Gasteiger partial charge in [0.1, 0.15) is 35.7 Å². The van der Waals surface area contributed by atoms with Crippen LogP contribution in [0.5, 0.6) is 23.0 Å². The second-order valence-corrected chi connectivity index (χ2v) is 11.7. The highest BCUT2D eigenvalue weighted by Crippen LogP contribution is 2.37. The Morgan fingerprint density at radius 3 is 2.27 bits per heavy atom. The van der Waals surface area contributed by atoms with Gasteiger partial charge in [-0.1, -0.05) is 27.2 Å². The maximum absolute atomic E-state index is 13.5. The van der Waals surface area contributed by atoms with E-state index in [4.69, 9.17) is 14.2 Å². The predicted octanol–water partition coefficient (Wildman–Crippen LogP) is 7.47. The number of fused-ring (bicyclic) bond motifs is 1. The van der Waals surface area contributed by atoms with Crippen LogP contribution in [0.2, 0.25) is 0 Å². The van der Waals surface area contributed by atoms with Crippen LogP contribution >= 0.6 is 0 Å². The molecule has 3 aromatic carbocycles. The zero-order valence-corrected chi connectivity index (χ0v) is 26.7. The Kier molecular flexibility index (Phi) is 11.2. The average Bonchev–Trinajstić information content (AvgIpc) is 3.07. The van der Waals surface area contributed by atoms with Gasteiger partial charge in [-0.05, 0) is 99.3 Å². The third kappa shape index (κ3) is 8.69. The first kappa shape index (κ1) is 32.2. The molecule has 9 heteroatoms. The van der Waals surface area contributed by atoms with Gasteiger partial charge in [0.15, 0.2) is 0 Å². The fourth-order valence-electron chi connectivity index (χ4n) is 5.72. The first-order chi connectivity index (χ1) is 21.9. The van der Waals surface area contributed by atoms with E-state index in [-0.39, 0.29) is 24.1 Å². The monoisotopic (exact) mass is 614 g/mol. The number of unbranched alkanes of at least 4 members (excludes halogenated alkanes) is 1. The van der Waals surface area contributed by atoms with Gasteiger partial charge in [0.25, 0.3) is 5.91 Å². The van der Waals surface area contributed by atoms with E-state index in [9.17, 15) is 9.59 Å². The number of anilines is 2. The molecule has 0 aliphatic carbocycles. The minimum absolute atomic E-state index is 0.0830. The molecule has 2 N–H and O–H groups in total. The van der Waals surface area contributed by atoms with Crippen molar-refractivity contribution >= 4 is 23.3 Å². The topological polar surface area (TPSA) is 92.4 Å². The van der Waals surface area contributed by atoms with Gasteiger partial charge in [-0.15, -0.1) is 0 Å². The standard InChI is InChI=1S/C36H46N4O5/c1-4-7-20-39-21-18-31(19-22-39)44-29-12-8-26(9-13-29)35(41)40-23-24-43-34-25-32(16-17-33(34)40)45-30-14-10-28(11-15-30)38-36(42)37-27(5-2)6-3/h8-17,25,27,31H,4-7,18-24H2,1-3H3,(H2,37,38,42). The number of hydrogen-bond donors (Lipinski definition) is 2. The molecule has 1 fully saturated rings. The Balaban J connectivity index is 1.15. The quantitative estimate of drug-likeness (QED) is 0.220. The number of likely N-dealkylation sites (tertiary alicyclic amines) is 1. The number of nitrogens with zero attached hydrogens (tertiary/aromatic N) is 2. The van der Waals surface area contributed by atoms with Crippen molar-refractivity contribution in [2.24, 2.45) is 0 Å². The molecule has 0 radical (unpaired) electrons. The molecule has 240 valence electrons. The molecule has 3 aromatic rings. The summed E-state index contributed by atoms with van der Waals surface area (Å²) in [5, 5.41) is 5.82. The Morgan fingerprint density at radius 2 is 1.58 bits per heavy atom. The molecule has 0 spiro atoms. The van der Waals surface area contributed by atoms with Crippen molar-refractivity contribution in [2.45, 2.75) is 71.4 Å². The van der Waals surface area contributed by atoms with Crippen molar-refractivity contribution in [2.75, 3.05) is 43.0 Å². The SMILES string of the molecule is CCCCN1CCC(Oc2ccc(C(=O)N3CCOc4cc(Oc5ccc(NC(=O)NC(CC)CC)cc5)ccc43)cc2)CC1. The average molecular weight is 615 g/mol. The van der Waals surface area contributed by atoms with Crippen molar-refractivity contribution in [1.29, 1.82) is 0 Å². The molecule has 0 bridgehead atoms. The lowest BCUT2D eigenvalue weighted by atomic mass is 10.1. The van der Waals surface area contributed by atoms with Gasteiger partial charge in [0.2, 0.25) is 0 Å². The van der Waals surface area contributed by atoms with E-state index in [1.165, 1.54) is 19.4 Å². The van der Waals surface area contributed by atoms with Crippen LogP contribution in [-0.2, 0) is 0 Å². The summed E-state index contributed by atoms with van der Waals surface area (Å²) >= 11 is 0. The van der Waals surface area contributed by atoms with Gasteiger partial charge < -0.3 is 34.6 Å². The van der Waals surface area contributed by atoms with Crippen LogP contribution in [-0.4, -0.2) is 61.8 Å². The summed E-state index contributed by atoms with van der Waals surface area (Å²) in [4.78, 5) is 30.0. The summed E-state index contributed by atoms with van der Waals surface area (Å²) in [7, 11) is 0. The number of carbonyl (C=O) groups is 2. The largest absolute Gasteiger partial charge is 0.490 e. The number of piperidine rings is 1. The first-order valence-corrected chi connectivity index (χ1v) is 16.4. The maximum Gasteiger partial charge on any atom is 0.319 e. The number of urea groups is 1. The zero-order valence-electron chi connectivity index (χ0n) is 26.7. The van der Waals surface area contributed by atoms with Crippen LogP contribution in [0.25, 0.3) is 0 Å². The predicted molar refractivity (Wildman–Crippen MR) is 178 cm³/mol. The number of benzene rings is 3. The summed E-state index contributed by atoms with van der Waals surface area (Å²) in [5.74, 6) is 2.52. The van der Waals surface area contributed by atoms with E-state index < -0.39 is 0 Å². The van der Waals surface area contributed by atoms with E-state index in [0.717, 1.165) is 44.5 Å². The molecule has 2 aliphatic heterocycles. The Morgan fingerprint density at radius 1 is 0.889 bits per heavy atom. The van der Waals surface area contributed by atoms with E-state index in [1.807, 2.05) is 36.4 Å². The zero-order chi connectivity index (χ0) is 31.6. The molecule has 5 rings (SSSR count). The third-order valence-electron chi connectivity index (χ3n) is 8.47. The van der Waals surface area contributed by atoms with Crippen molar-refractivity contribution < 1.29 is 23.8 Å². The van der Waals surface area contributed by atoms with E-state index >= 15 is 0 Å². The molecular weight excluding hydrogens is 568 g/mol. The molecule has 2 aliphatic rings. The molecule has 2 heterocycles. The number of rotatable bonds is 12. The van der Waals surface area contributed by atoms with Gasteiger partial charge in [0.05, 0.1) is 12.2 Å². The summed E-state index contributed by atoms with van der Waals surface area (Å²) in [5.41, 5.74) is 1.99. The van der Waals surface area contributed by atoms with E-state index in [1.54, 1.807) is 35.2 Å². The normalized spacial score (nSPS) is 15.2. The molecule has 0 unspecified atom stereocenters. The fourth-order valence-corrected chi connectivity index (χ4v) is 5.72. The number of hydrogen-bond acceptors (Lipinski definition) is 6. The fraction of sp³-hybridized carbons (Fsp3) is 0.444. The number of ether oxygens (including phenoxy) is 3. The molecule has 0 aromatic heterocycles. The van der Waals surface area contributed by atoms with E-state index in [2.05, 4.69) is 36.3 Å². The lowest BCUT2D eigenvalue weighted by Gasteiger charge is -2.32. The van der Waals surface area contributed by atoms with Gasteiger partial charge in [-0.3, -0.25) is 4.79 Å². The van der Waals surface area contributed by atoms with Crippen molar-refractivity contribution in [3.8, 4) is 23.0 Å². The van der Waals surface area contributed by atoms with Crippen LogP contribution in [0.4, 0.5) is 16.2 Å². The summed E-state index contributed by atoms with van der Waals surface area (Å²) in [6.45, 7) is 10.5. The Labute approximate surface area is 266 Å². The summed E-state index contributed by atoms with van der Waals surface area (Å²) < 4.78 is 18.2. The van der Waals surface area contributed by atoms with Crippen molar-refractivity contribution in [3.63, 3.8) is 0 Å². The highest BCUT2D eigenvalue weighted by molar-refractivity contribution is 6.07. The van der Waals surface area contributed by atoms with Crippen molar-refractivity contribution in [3.05, 3.63) is 72.3 Å². The summed E-state index contributed by atoms with van der Waals surface area (Å²) in [6.07, 6.45) is 6.51. The molecule has 45 heavy (non-hydrogen) atoms. The van der Waals surface area contributed by atoms with E-state index in [0.29, 0.717) is 47.3 Å². The molecule has 0 saturated carbocycles. The third-order valence-corrected chi connectivity index (χ3v) is 8.47. The number of nitrogens with one attached hydrogen (secondary N) is 2. The van der Waals surface area contributed by atoms with Crippen molar-refractivity contribution in [1.82, 2.24) is 10.2 Å². The number of carbonyl (C=O) groups excluding carboxylic acids is 2. The van der Waals surface area contributed by atoms with Gasteiger partial charge in [-0.2, -0.15) is 0 Å². The highest BCUT2D eigenvalue weighted by atomic mass is 16.5. The lowest BCUT2D eigenvalue weighted by Crippen LogP contribution is -2.38. The van der Waals surface area contributed by atoms with Crippen LogP contribution in [0.3, 0.4) is 0 Å². The molecule has 0 atom stereocenters. The molecule has 3 amide bonds. The Hall–Kier alpha value is -4.24. The van der Waals surface area contributed by atoms with Crippen LogP contribution in [0, 0.1) is 0 Å². The minimum Gasteiger partial charge on any atom is -0.490 e. The highest BCUT2D eigenvalue weighted by Gasteiger charge is 2.26. The van der Waals surface area contributed by atoms with Gasteiger partial charge >= 0.3 is 6.03 Å². The lowest BCUT2D eigenvalue weighted by molar-refractivity contribution is 0.0974. The molecule has 9 nitrogen and oxygen atoms in total. The maximum atomic E-state index is 13.5. The second-order valence-electron chi connectivity index (χ2n) is 11.7. The molecular formula is C36H46N4O5. The first-order valence-electron chi connectivity index (χ1n) is 16.4. The van der Waals surface area contributed by atoms with Gasteiger partial charge in [-0.25, -0.2) is 4.79 Å². The summed E-state index contributed by atoms with van der Waals surface area (Å²) in [6, 6.07) is 20.1.